The van der Waals surface area contributed by atoms with Crippen molar-refractivity contribution in [1.29, 1.82) is 0 Å². The number of fused-ring (bicyclic) bond motifs is 2. The number of aromatic nitrogens is 1. The molecule has 0 amide bonds. The van der Waals surface area contributed by atoms with E-state index >= 15 is 0 Å². The van der Waals surface area contributed by atoms with Gasteiger partial charge >= 0.3 is 0 Å². The summed E-state index contributed by atoms with van der Waals surface area (Å²) in [4.78, 5) is 4.43. The first-order chi connectivity index (χ1) is 7.80. The van der Waals surface area contributed by atoms with Crippen molar-refractivity contribution in [1.82, 2.24) is 4.98 Å². The van der Waals surface area contributed by atoms with Crippen LogP contribution in [0.1, 0.15) is 38.2 Å². The first kappa shape index (κ1) is 9.88. The monoisotopic (exact) mass is 214 g/mol. The van der Waals surface area contributed by atoms with Gasteiger partial charge in [-0.25, -0.2) is 4.98 Å². The quantitative estimate of drug-likeness (QED) is 0.670. The first-order valence-electron chi connectivity index (χ1n) is 6.15. The molecule has 1 aromatic rings. The molecule has 1 aromatic heterocycles. The number of anilines is 1. The van der Waals surface area contributed by atoms with Crippen LogP contribution in [0.15, 0.2) is 30.0 Å². The van der Waals surface area contributed by atoms with Gasteiger partial charge in [0.2, 0.25) is 0 Å². The molecule has 0 radical (unpaired) electrons. The minimum atomic E-state index is 0.345. The third-order valence-electron chi connectivity index (χ3n) is 4.09. The Kier molecular flexibility index (Phi) is 2.23. The highest BCUT2D eigenvalue weighted by Crippen LogP contribution is 2.44. The van der Waals surface area contributed by atoms with Gasteiger partial charge in [-0.2, -0.15) is 0 Å². The summed E-state index contributed by atoms with van der Waals surface area (Å²) in [7, 11) is 0. The summed E-state index contributed by atoms with van der Waals surface area (Å²) in [5, 5.41) is 3.47. The summed E-state index contributed by atoms with van der Waals surface area (Å²) in [5.74, 6) is 1.11. The number of rotatable bonds is 0. The maximum Gasteiger partial charge on any atom is 0.129 e. The second-order valence-electron chi connectivity index (χ2n) is 5.12. The van der Waals surface area contributed by atoms with E-state index in [1.165, 1.54) is 31.2 Å². The topological polar surface area (TPSA) is 24.9 Å². The Morgan fingerprint density at radius 1 is 1.38 bits per heavy atom. The molecule has 1 spiro atoms. The third-order valence-corrected chi connectivity index (χ3v) is 4.09. The van der Waals surface area contributed by atoms with Gasteiger partial charge < -0.3 is 5.32 Å². The summed E-state index contributed by atoms with van der Waals surface area (Å²) in [5.41, 5.74) is 3.34. The second-order valence-corrected chi connectivity index (χ2v) is 5.12. The van der Waals surface area contributed by atoms with Gasteiger partial charge in [0.15, 0.2) is 0 Å². The Hall–Kier alpha value is -1.31. The first-order valence-corrected chi connectivity index (χ1v) is 6.15. The largest absolute Gasteiger partial charge is 0.369 e. The molecular formula is C14H18N2. The summed E-state index contributed by atoms with van der Waals surface area (Å²) in [6.07, 6.45) is 9.25. The van der Waals surface area contributed by atoms with E-state index in [1.807, 2.05) is 6.20 Å². The van der Waals surface area contributed by atoms with Gasteiger partial charge in [-0.05, 0) is 38.7 Å². The van der Waals surface area contributed by atoms with E-state index in [2.05, 4.69) is 35.4 Å². The fourth-order valence-electron chi connectivity index (χ4n) is 3.03. The van der Waals surface area contributed by atoms with Crippen LogP contribution in [0.2, 0.25) is 0 Å². The fourth-order valence-corrected chi connectivity index (χ4v) is 3.03. The molecule has 0 saturated carbocycles. The zero-order valence-electron chi connectivity index (χ0n) is 9.79. The van der Waals surface area contributed by atoms with Gasteiger partial charge in [-0.1, -0.05) is 17.7 Å². The highest BCUT2D eigenvalue weighted by Gasteiger charge is 2.39. The van der Waals surface area contributed by atoms with E-state index in [1.54, 1.807) is 5.57 Å². The molecule has 2 aliphatic rings. The van der Waals surface area contributed by atoms with Gasteiger partial charge in [0.25, 0.3) is 0 Å². The standard InChI is InChI=1S/C14H18N2/c1-11-4-2-7-14(8-6-11)10-16-13-12(14)5-3-9-15-13/h3-5,9H,2,6-8,10H2,1H3,(H,15,16). The van der Waals surface area contributed by atoms with Crippen LogP contribution >= 0.6 is 0 Å². The molecule has 0 bridgehead atoms. The minimum Gasteiger partial charge on any atom is -0.369 e. The van der Waals surface area contributed by atoms with E-state index in [0.29, 0.717) is 5.41 Å². The number of nitrogens with zero attached hydrogens (tertiary/aromatic N) is 1. The average molecular weight is 214 g/mol. The summed E-state index contributed by atoms with van der Waals surface area (Å²) < 4.78 is 0. The maximum atomic E-state index is 4.43. The van der Waals surface area contributed by atoms with Gasteiger partial charge in [0.05, 0.1) is 0 Å². The average Bonchev–Trinajstić information content (AvgIpc) is 2.55. The van der Waals surface area contributed by atoms with Crippen molar-refractivity contribution in [2.75, 3.05) is 11.9 Å². The number of nitrogens with one attached hydrogen (secondary N) is 1. The van der Waals surface area contributed by atoms with Crippen molar-refractivity contribution < 1.29 is 0 Å². The van der Waals surface area contributed by atoms with E-state index in [9.17, 15) is 0 Å². The normalized spacial score (nSPS) is 28.2. The predicted octanol–water partition coefficient (Wildman–Crippen LogP) is 3.27. The second kappa shape index (κ2) is 3.62. The summed E-state index contributed by atoms with van der Waals surface area (Å²) in [6.45, 7) is 3.33. The Labute approximate surface area is 96.8 Å². The number of allylic oxidation sites excluding steroid dienone is 2. The van der Waals surface area contributed by atoms with Crippen molar-refractivity contribution in [3.05, 3.63) is 35.5 Å². The van der Waals surface area contributed by atoms with Crippen LogP contribution in [0.3, 0.4) is 0 Å². The zero-order valence-corrected chi connectivity index (χ0v) is 9.79. The molecule has 0 fully saturated rings. The third kappa shape index (κ3) is 1.44. The fraction of sp³-hybridized carbons (Fsp3) is 0.500. The molecule has 0 aromatic carbocycles. The van der Waals surface area contributed by atoms with Gasteiger partial charge in [-0.15, -0.1) is 0 Å². The number of hydrogen-bond acceptors (Lipinski definition) is 2. The molecule has 3 rings (SSSR count). The van der Waals surface area contributed by atoms with Crippen molar-refractivity contribution >= 4 is 5.82 Å². The molecule has 16 heavy (non-hydrogen) atoms. The Morgan fingerprint density at radius 2 is 2.31 bits per heavy atom. The van der Waals surface area contributed by atoms with E-state index in [-0.39, 0.29) is 0 Å². The molecule has 84 valence electrons. The van der Waals surface area contributed by atoms with Crippen LogP contribution in [0.25, 0.3) is 0 Å². The Morgan fingerprint density at radius 3 is 3.25 bits per heavy atom. The molecule has 1 N–H and O–H groups in total. The van der Waals surface area contributed by atoms with E-state index in [4.69, 9.17) is 0 Å². The highest BCUT2D eigenvalue weighted by atomic mass is 15.0. The predicted molar refractivity (Wildman–Crippen MR) is 66.6 cm³/mol. The molecule has 1 aliphatic heterocycles. The number of hydrogen-bond donors (Lipinski definition) is 1. The SMILES string of the molecule is CC1=CCCC2(CC1)CNc1ncccc12. The summed E-state index contributed by atoms with van der Waals surface area (Å²) >= 11 is 0. The summed E-state index contributed by atoms with van der Waals surface area (Å²) in [6, 6.07) is 4.32. The zero-order chi connectivity index (χ0) is 11.0. The van der Waals surface area contributed by atoms with Gasteiger partial charge in [-0.3, -0.25) is 0 Å². The van der Waals surface area contributed by atoms with Crippen molar-refractivity contribution in [2.24, 2.45) is 0 Å². The molecule has 1 atom stereocenters. The lowest BCUT2D eigenvalue weighted by Crippen LogP contribution is -2.27. The Balaban J connectivity index is 1.96. The maximum absolute atomic E-state index is 4.43. The van der Waals surface area contributed by atoms with Crippen LogP contribution in [0.4, 0.5) is 5.82 Å². The lowest BCUT2D eigenvalue weighted by atomic mass is 9.76. The lowest BCUT2D eigenvalue weighted by molar-refractivity contribution is 0.412. The van der Waals surface area contributed by atoms with Gasteiger partial charge in [0.1, 0.15) is 5.82 Å². The molecule has 2 heteroatoms. The lowest BCUT2D eigenvalue weighted by Gasteiger charge is -2.27. The number of pyridine rings is 1. The smallest absolute Gasteiger partial charge is 0.129 e. The van der Waals surface area contributed by atoms with Gasteiger partial charge in [0, 0.05) is 23.7 Å². The molecule has 2 heterocycles. The van der Waals surface area contributed by atoms with E-state index in [0.717, 1.165) is 12.4 Å². The van der Waals surface area contributed by atoms with Crippen molar-refractivity contribution in [3.8, 4) is 0 Å². The Bertz CT molecular complexity index is 436. The molecule has 0 saturated heterocycles. The van der Waals surface area contributed by atoms with Crippen LogP contribution < -0.4 is 5.32 Å². The molecule has 1 aliphatic carbocycles. The van der Waals surface area contributed by atoms with Crippen LogP contribution in [-0.2, 0) is 5.41 Å². The molecule has 2 nitrogen and oxygen atoms in total. The van der Waals surface area contributed by atoms with Crippen LogP contribution in [0, 0.1) is 0 Å². The minimum absolute atomic E-state index is 0.345. The van der Waals surface area contributed by atoms with Crippen LogP contribution in [0.5, 0.6) is 0 Å². The van der Waals surface area contributed by atoms with Crippen molar-refractivity contribution in [2.45, 2.75) is 38.0 Å². The van der Waals surface area contributed by atoms with Crippen molar-refractivity contribution in [3.63, 3.8) is 0 Å². The highest BCUT2D eigenvalue weighted by molar-refractivity contribution is 5.55. The molecule has 1 unspecified atom stereocenters. The molecular weight excluding hydrogens is 196 g/mol. The van der Waals surface area contributed by atoms with E-state index < -0.39 is 0 Å². The van der Waals surface area contributed by atoms with Crippen LogP contribution in [-0.4, -0.2) is 11.5 Å².